The minimum atomic E-state index is -0.227. The molecule has 3 heteroatoms. The zero-order valence-corrected chi connectivity index (χ0v) is 15.0. The molecule has 1 atom stereocenters. The van der Waals surface area contributed by atoms with Crippen molar-refractivity contribution in [3.63, 3.8) is 0 Å². The van der Waals surface area contributed by atoms with Crippen LogP contribution in [0.25, 0.3) is 6.08 Å². The predicted octanol–water partition coefficient (Wildman–Crippen LogP) is 5.35. The van der Waals surface area contributed by atoms with Gasteiger partial charge in [0.05, 0.1) is 11.2 Å². The third kappa shape index (κ3) is 3.72. The van der Waals surface area contributed by atoms with Gasteiger partial charge in [0.15, 0.2) is 0 Å². The maximum absolute atomic E-state index is 6.22. The maximum Gasteiger partial charge on any atom is 0.458 e. The van der Waals surface area contributed by atoms with Crippen LogP contribution in [0.4, 0.5) is 0 Å². The van der Waals surface area contributed by atoms with Crippen molar-refractivity contribution < 1.29 is 9.31 Å². The number of hydrogen-bond acceptors (Lipinski definition) is 2. The first-order chi connectivity index (χ1) is 10.9. The van der Waals surface area contributed by atoms with Crippen LogP contribution in [-0.4, -0.2) is 18.3 Å². The smallest absolute Gasteiger partial charge is 0.403 e. The van der Waals surface area contributed by atoms with Crippen LogP contribution in [0.1, 0.15) is 58.9 Å². The van der Waals surface area contributed by atoms with Gasteiger partial charge in [0.1, 0.15) is 0 Å². The Morgan fingerprint density at radius 1 is 1.04 bits per heavy atom. The Morgan fingerprint density at radius 3 is 2.35 bits per heavy atom. The van der Waals surface area contributed by atoms with Crippen molar-refractivity contribution in [3.8, 4) is 0 Å². The second kappa shape index (κ2) is 6.45. The average Bonchev–Trinajstić information content (AvgIpc) is 2.69. The molecule has 1 heterocycles. The van der Waals surface area contributed by atoms with E-state index in [9.17, 15) is 0 Å². The van der Waals surface area contributed by atoms with Gasteiger partial charge >= 0.3 is 7.12 Å². The SMILES string of the molecule is CC1(C)OB(CC2CCCC/C2=C\c2ccccc2)OC1(C)C. The molecule has 1 unspecified atom stereocenters. The van der Waals surface area contributed by atoms with E-state index in [1.54, 1.807) is 5.57 Å². The molecule has 0 spiro atoms. The Morgan fingerprint density at radius 2 is 1.70 bits per heavy atom. The minimum absolute atomic E-state index is 0.0812. The first-order valence-electron chi connectivity index (χ1n) is 8.98. The second-order valence-corrected chi connectivity index (χ2v) is 7.99. The van der Waals surface area contributed by atoms with Gasteiger partial charge in [-0.15, -0.1) is 0 Å². The number of benzene rings is 1. The maximum atomic E-state index is 6.22. The van der Waals surface area contributed by atoms with Crippen LogP contribution in [0.5, 0.6) is 0 Å². The highest BCUT2D eigenvalue weighted by Gasteiger charge is 2.51. The summed E-state index contributed by atoms with van der Waals surface area (Å²) >= 11 is 0. The fourth-order valence-electron chi connectivity index (χ4n) is 3.63. The van der Waals surface area contributed by atoms with Gasteiger partial charge in [-0.3, -0.25) is 0 Å². The minimum Gasteiger partial charge on any atom is -0.403 e. The highest BCUT2D eigenvalue weighted by molar-refractivity contribution is 6.45. The molecule has 1 saturated carbocycles. The van der Waals surface area contributed by atoms with Gasteiger partial charge in [0.2, 0.25) is 0 Å². The van der Waals surface area contributed by atoms with Crippen LogP contribution >= 0.6 is 0 Å². The van der Waals surface area contributed by atoms with Crippen molar-refractivity contribution in [2.45, 2.75) is 70.9 Å². The van der Waals surface area contributed by atoms with Crippen molar-refractivity contribution in [1.82, 2.24) is 0 Å². The molecule has 124 valence electrons. The van der Waals surface area contributed by atoms with Crippen LogP contribution in [0.15, 0.2) is 35.9 Å². The molecule has 23 heavy (non-hydrogen) atoms. The lowest BCUT2D eigenvalue weighted by Crippen LogP contribution is -2.41. The molecule has 0 radical (unpaired) electrons. The molecule has 1 aromatic rings. The molecule has 0 amide bonds. The molecule has 3 rings (SSSR count). The Kier molecular flexibility index (Phi) is 4.71. The van der Waals surface area contributed by atoms with Gasteiger partial charge in [-0.1, -0.05) is 48.4 Å². The van der Waals surface area contributed by atoms with Crippen LogP contribution < -0.4 is 0 Å². The van der Waals surface area contributed by atoms with E-state index < -0.39 is 0 Å². The Bertz CT molecular complexity index is 546. The third-order valence-electron chi connectivity index (χ3n) is 5.72. The standard InChI is InChI=1S/C20H29BO2/c1-19(2)20(3,4)23-21(22-19)15-18-13-9-8-12-17(18)14-16-10-6-5-7-11-16/h5-7,10-11,14,18H,8-9,12-13,15H2,1-4H3/b17-14+. The monoisotopic (exact) mass is 312 g/mol. The second-order valence-electron chi connectivity index (χ2n) is 7.99. The van der Waals surface area contributed by atoms with E-state index in [0.717, 1.165) is 6.32 Å². The zero-order chi connectivity index (χ0) is 16.5. The molecule has 2 nitrogen and oxygen atoms in total. The molecule has 0 bridgehead atoms. The number of rotatable bonds is 3. The fraction of sp³-hybridized carbons (Fsp3) is 0.600. The Labute approximate surface area is 141 Å². The van der Waals surface area contributed by atoms with Gasteiger partial charge in [0.25, 0.3) is 0 Å². The van der Waals surface area contributed by atoms with E-state index >= 15 is 0 Å². The van der Waals surface area contributed by atoms with Gasteiger partial charge in [-0.25, -0.2) is 0 Å². The largest absolute Gasteiger partial charge is 0.458 e. The molecule has 0 N–H and O–H groups in total. The quantitative estimate of drug-likeness (QED) is 0.700. The van der Waals surface area contributed by atoms with E-state index in [1.807, 2.05) is 0 Å². The molecule has 0 aromatic heterocycles. The van der Waals surface area contributed by atoms with Crippen LogP contribution in [-0.2, 0) is 9.31 Å². The van der Waals surface area contributed by atoms with Crippen molar-refractivity contribution in [1.29, 1.82) is 0 Å². The summed E-state index contributed by atoms with van der Waals surface area (Å²) in [6, 6.07) is 10.7. The summed E-state index contributed by atoms with van der Waals surface area (Å²) in [4.78, 5) is 0. The third-order valence-corrected chi connectivity index (χ3v) is 5.72. The van der Waals surface area contributed by atoms with E-state index in [1.165, 1.54) is 31.2 Å². The van der Waals surface area contributed by atoms with Crippen molar-refractivity contribution >= 4 is 13.2 Å². The van der Waals surface area contributed by atoms with Crippen LogP contribution in [0, 0.1) is 5.92 Å². The highest BCUT2D eigenvalue weighted by Crippen LogP contribution is 2.41. The van der Waals surface area contributed by atoms with E-state index in [2.05, 4.69) is 64.1 Å². The lowest BCUT2D eigenvalue weighted by molar-refractivity contribution is 0.00578. The zero-order valence-electron chi connectivity index (χ0n) is 15.0. The molecular weight excluding hydrogens is 283 g/mol. The summed E-state index contributed by atoms with van der Waals surface area (Å²) < 4.78 is 12.4. The first kappa shape index (κ1) is 16.8. The normalized spacial score (nSPS) is 28.3. The van der Waals surface area contributed by atoms with Gasteiger partial charge < -0.3 is 9.31 Å². The van der Waals surface area contributed by atoms with Crippen molar-refractivity contribution in [3.05, 3.63) is 41.5 Å². The van der Waals surface area contributed by atoms with Gasteiger partial charge in [-0.05, 0) is 64.8 Å². The molecule has 1 aliphatic heterocycles. The van der Waals surface area contributed by atoms with Crippen LogP contribution in [0.2, 0.25) is 6.32 Å². The van der Waals surface area contributed by atoms with Crippen LogP contribution in [0.3, 0.4) is 0 Å². The summed E-state index contributed by atoms with van der Waals surface area (Å²) in [7, 11) is -0.0812. The van der Waals surface area contributed by atoms with E-state index in [-0.39, 0.29) is 18.3 Å². The van der Waals surface area contributed by atoms with Crippen molar-refractivity contribution in [2.24, 2.45) is 5.92 Å². The summed E-state index contributed by atoms with van der Waals surface area (Å²) in [5.41, 5.74) is 2.42. The summed E-state index contributed by atoms with van der Waals surface area (Å²) in [5.74, 6) is 0.582. The highest BCUT2D eigenvalue weighted by atomic mass is 16.7. The molecule has 2 fully saturated rings. The van der Waals surface area contributed by atoms with E-state index in [0.29, 0.717) is 5.92 Å². The molecular formula is C20H29BO2. The van der Waals surface area contributed by atoms with Gasteiger partial charge in [0, 0.05) is 0 Å². The molecule has 1 aliphatic carbocycles. The Hall–Kier alpha value is -1.06. The van der Waals surface area contributed by atoms with E-state index in [4.69, 9.17) is 9.31 Å². The number of allylic oxidation sites excluding steroid dienone is 1. The summed E-state index contributed by atoms with van der Waals surface area (Å²) in [5, 5.41) is 0. The summed E-state index contributed by atoms with van der Waals surface area (Å²) in [6.07, 6.45) is 8.44. The lowest BCUT2D eigenvalue weighted by atomic mass is 9.69. The average molecular weight is 312 g/mol. The first-order valence-corrected chi connectivity index (χ1v) is 8.98. The topological polar surface area (TPSA) is 18.5 Å². The number of hydrogen-bond donors (Lipinski definition) is 0. The van der Waals surface area contributed by atoms with Crippen molar-refractivity contribution in [2.75, 3.05) is 0 Å². The molecule has 2 aliphatic rings. The molecule has 1 aromatic carbocycles. The molecule has 1 saturated heterocycles. The summed E-state index contributed by atoms with van der Waals surface area (Å²) in [6.45, 7) is 8.53. The Balaban J connectivity index is 1.72. The lowest BCUT2D eigenvalue weighted by Gasteiger charge is -2.32. The van der Waals surface area contributed by atoms with Gasteiger partial charge in [-0.2, -0.15) is 0 Å². The fourth-order valence-corrected chi connectivity index (χ4v) is 3.63. The predicted molar refractivity (Wildman–Crippen MR) is 97.3 cm³/mol.